The molecule has 0 radical (unpaired) electrons. The zero-order valence-corrected chi connectivity index (χ0v) is 29.7. The van der Waals surface area contributed by atoms with Crippen LogP contribution in [0.2, 0.25) is 0 Å². The van der Waals surface area contributed by atoms with Crippen LogP contribution in [-0.2, 0) is 39.9 Å². The molecule has 2 atom stereocenters. The zero-order chi connectivity index (χ0) is 36.7. The van der Waals surface area contributed by atoms with E-state index in [9.17, 15) is 23.6 Å². The number of fused-ring (bicyclic) bond motifs is 8. The molecule has 51 heavy (non-hydrogen) atoms. The van der Waals surface area contributed by atoms with Gasteiger partial charge in [0.2, 0.25) is 0 Å². The largest absolute Gasteiger partial charge is 0.481 e. The quantitative estimate of drug-likeness (QED) is 0.197. The second kappa shape index (κ2) is 13.6. The first-order valence-corrected chi connectivity index (χ1v) is 18.6. The second-order valence-corrected chi connectivity index (χ2v) is 16.4. The van der Waals surface area contributed by atoms with Crippen molar-refractivity contribution in [1.82, 2.24) is 19.7 Å². The van der Waals surface area contributed by atoms with Gasteiger partial charge in [-0.15, -0.1) is 0 Å². The minimum Gasteiger partial charge on any atom is -0.481 e. The van der Waals surface area contributed by atoms with Crippen LogP contribution in [0.1, 0.15) is 62.5 Å². The van der Waals surface area contributed by atoms with Crippen molar-refractivity contribution >= 4 is 26.7 Å². The molecular formula is C38H39F2N5O5S. The summed E-state index contributed by atoms with van der Waals surface area (Å²) in [5.74, 6) is -3.23. The lowest BCUT2D eigenvalue weighted by Crippen LogP contribution is -2.30. The van der Waals surface area contributed by atoms with E-state index in [1.165, 1.54) is 28.9 Å². The van der Waals surface area contributed by atoms with Crippen molar-refractivity contribution in [2.24, 2.45) is 18.4 Å². The smallest absolute Gasteiger partial charge is 0.306 e. The van der Waals surface area contributed by atoms with E-state index in [0.29, 0.717) is 40.4 Å². The number of rotatable bonds is 4. The van der Waals surface area contributed by atoms with Crippen LogP contribution < -0.4 is 4.74 Å². The van der Waals surface area contributed by atoms with Gasteiger partial charge in [-0.05, 0) is 66.5 Å². The van der Waals surface area contributed by atoms with Gasteiger partial charge in [0.25, 0.3) is 0 Å². The standard InChI is InChI=1S/C38H39F2N5O5S/c1-23(35(46)47)17-24-7-5-8-25(18-24)38(21-41)14-6-13-37(2,3)22-51(48,49)16-12-28-27-11-15-42-32(27)20-31(40)33(28)50-26-9-10-30(39)29(19-26)34-43-36(38)44-45(34)4/h5,7-11,15,18-20,23,42H,6,12-14,16-17,22H2,1-4H3,(H,46,47). The average molecular weight is 716 g/mol. The molecule has 6 rings (SSSR count). The molecule has 0 fully saturated rings. The van der Waals surface area contributed by atoms with Crippen molar-refractivity contribution in [3.8, 4) is 29.0 Å². The van der Waals surface area contributed by atoms with E-state index in [4.69, 9.17) is 9.72 Å². The van der Waals surface area contributed by atoms with Crippen LogP contribution >= 0.6 is 0 Å². The number of nitriles is 1. The number of halogens is 2. The fraction of sp³-hybridized carbons (Fsp3) is 0.368. The number of benzene rings is 3. The maximum Gasteiger partial charge on any atom is 0.306 e. The van der Waals surface area contributed by atoms with E-state index in [1.54, 1.807) is 50.5 Å². The van der Waals surface area contributed by atoms with E-state index in [1.807, 2.05) is 13.8 Å². The number of carbonyl (C=O) groups is 1. The lowest BCUT2D eigenvalue weighted by molar-refractivity contribution is -0.141. The molecule has 10 nitrogen and oxygen atoms in total. The average Bonchev–Trinajstić information content (AvgIpc) is 3.69. The van der Waals surface area contributed by atoms with Crippen molar-refractivity contribution in [2.45, 2.75) is 58.3 Å². The highest BCUT2D eigenvalue weighted by Gasteiger charge is 2.40. The number of ether oxygens (including phenoxy) is 1. The monoisotopic (exact) mass is 715 g/mol. The number of hydrogen-bond donors (Lipinski definition) is 2. The highest BCUT2D eigenvalue weighted by molar-refractivity contribution is 7.91. The predicted octanol–water partition coefficient (Wildman–Crippen LogP) is 7.27. The molecule has 1 aliphatic heterocycles. The molecule has 2 unspecified atom stereocenters. The highest BCUT2D eigenvalue weighted by atomic mass is 32.2. The number of aryl methyl sites for hydroxylation is 2. The lowest BCUT2D eigenvalue weighted by Gasteiger charge is -2.29. The fourth-order valence-corrected chi connectivity index (χ4v) is 9.02. The van der Waals surface area contributed by atoms with Crippen molar-refractivity contribution in [2.75, 3.05) is 11.5 Å². The number of hydrogen-bond acceptors (Lipinski definition) is 7. The van der Waals surface area contributed by atoms with Crippen LogP contribution in [0.3, 0.4) is 0 Å². The molecule has 4 bridgehead atoms. The molecule has 0 spiro atoms. The van der Waals surface area contributed by atoms with Crippen LogP contribution in [0.25, 0.3) is 22.3 Å². The number of nitrogens with one attached hydrogen (secondary N) is 1. The van der Waals surface area contributed by atoms with Gasteiger partial charge in [-0.3, -0.25) is 4.79 Å². The molecule has 1 aliphatic rings. The van der Waals surface area contributed by atoms with Crippen molar-refractivity contribution in [1.29, 1.82) is 5.26 Å². The Kier molecular flexibility index (Phi) is 9.50. The minimum absolute atomic E-state index is 0.000804. The van der Waals surface area contributed by atoms with Gasteiger partial charge in [-0.25, -0.2) is 26.9 Å². The van der Waals surface area contributed by atoms with Gasteiger partial charge in [-0.1, -0.05) is 51.5 Å². The van der Waals surface area contributed by atoms with Crippen LogP contribution in [-0.4, -0.2) is 50.7 Å². The molecule has 13 heteroatoms. The van der Waals surface area contributed by atoms with Gasteiger partial charge in [0.05, 0.1) is 29.1 Å². The van der Waals surface area contributed by atoms with Gasteiger partial charge < -0.3 is 14.8 Å². The topological polar surface area (TPSA) is 151 Å². The SMILES string of the molecule is CC(Cc1cccc(C2(C#N)CCCC(C)(C)CS(=O)(=O)CCc3c(c(F)cc4[nH]ccc34)Oc3ccc(F)c(c3)-c3nc2nn3C)c1)C(=O)O. The van der Waals surface area contributed by atoms with E-state index < -0.39 is 44.2 Å². The Bertz CT molecular complexity index is 2290. The molecule has 2 aromatic heterocycles. The zero-order valence-electron chi connectivity index (χ0n) is 28.8. The first kappa shape index (κ1) is 35.7. The third-order valence-corrected chi connectivity index (χ3v) is 11.7. The summed E-state index contributed by atoms with van der Waals surface area (Å²) < 4.78 is 66.0. The summed E-state index contributed by atoms with van der Waals surface area (Å²) in [6, 6.07) is 16.4. The maximum atomic E-state index is 15.7. The highest BCUT2D eigenvalue weighted by Crippen LogP contribution is 2.41. The van der Waals surface area contributed by atoms with E-state index in [2.05, 4.69) is 16.2 Å². The summed E-state index contributed by atoms with van der Waals surface area (Å²) in [5, 5.41) is 25.7. The summed E-state index contributed by atoms with van der Waals surface area (Å²) in [6.07, 6.45) is 2.90. The number of aromatic amines is 1. The summed E-state index contributed by atoms with van der Waals surface area (Å²) in [7, 11) is -2.08. The normalized spacial score (nSPS) is 19.5. The molecule has 5 aromatic rings. The van der Waals surface area contributed by atoms with Gasteiger partial charge in [-0.2, -0.15) is 10.4 Å². The first-order valence-electron chi connectivity index (χ1n) is 16.7. The molecule has 0 saturated carbocycles. The Labute approximate surface area is 295 Å². The Hall–Kier alpha value is -5.09. The Balaban J connectivity index is 1.52. The Morgan fingerprint density at radius 2 is 1.92 bits per heavy atom. The summed E-state index contributed by atoms with van der Waals surface area (Å²) in [4.78, 5) is 19.4. The van der Waals surface area contributed by atoms with Crippen LogP contribution in [0, 0.1) is 34.3 Å². The minimum atomic E-state index is -3.67. The number of aromatic nitrogens is 4. The van der Waals surface area contributed by atoms with E-state index in [0.717, 1.165) is 0 Å². The van der Waals surface area contributed by atoms with Gasteiger partial charge in [0, 0.05) is 35.8 Å². The van der Waals surface area contributed by atoms with E-state index in [-0.39, 0.29) is 59.5 Å². The molecule has 0 saturated heterocycles. The molecule has 3 heterocycles. The number of carboxylic acids is 1. The van der Waals surface area contributed by atoms with Crippen molar-refractivity contribution < 1.29 is 31.8 Å². The third kappa shape index (κ3) is 7.23. The summed E-state index contributed by atoms with van der Waals surface area (Å²) in [5.41, 5.74) is -0.0364. The first-order chi connectivity index (χ1) is 24.1. The van der Waals surface area contributed by atoms with Crippen molar-refractivity contribution in [3.05, 3.63) is 94.9 Å². The number of H-pyrrole nitrogens is 1. The lowest BCUT2D eigenvalue weighted by atomic mass is 9.74. The van der Waals surface area contributed by atoms with Crippen molar-refractivity contribution in [3.63, 3.8) is 0 Å². The molecular weight excluding hydrogens is 677 g/mol. The number of carboxylic acid groups (broad SMARTS) is 1. The third-order valence-electron chi connectivity index (χ3n) is 9.66. The molecule has 266 valence electrons. The number of nitrogens with zero attached hydrogens (tertiary/aromatic N) is 4. The molecule has 0 aliphatic carbocycles. The van der Waals surface area contributed by atoms with Gasteiger partial charge in [0.1, 0.15) is 17.0 Å². The van der Waals surface area contributed by atoms with Crippen LogP contribution in [0.15, 0.2) is 60.8 Å². The Morgan fingerprint density at radius 1 is 1.14 bits per heavy atom. The summed E-state index contributed by atoms with van der Waals surface area (Å²) in [6.45, 7) is 5.32. The number of aliphatic carboxylic acids is 1. The number of sulfone groups is 1. The van der Waals surface area contributed by atoms with E-state index >= 15 is 8.78 Å². The summed E-state index contributed by atoms with van der Waals surface area (Å²) >= 11 is 0. The molecule has 2 N–H and O–H groups in total. The van der Waals surface area contributed by atoms with Crippen LogP contribution in [0.5, 0.6) is 11.5 Å². The maximum absolute atomic E-state index is 15.7. The van der Waals surface area contributed by atoms with Gasteiger partial charge in [0.15, 0.2) is 33.1 Å². The van der Waals surface area contributed by atoms with Gasteiger partial charge >= 0.3 is 5.97 Å². The predicted molar refractivity (Wildman–Crippen MR) is 188 cm³/mol. The second-order valence-electron chi connectivity index (χ2n) is 14.3. The van der Waals surface area contributed by atoms with Crippen LogP contribution in [0.4, 0.5) is 8.78 Å². The fourth-order valence-electron chi connectivity index (χ4n) is 7.03. The Morgan fingerprint density at radius 3 is 2.67 bits per heavy atom. The molecule has 3 aromatic carbocycles. The molecule has 0 amide bonds.